The maximum absolute atomic E-state index is 3.68. The van der Waals surface area contributed by atoms with Crippen LogP contribution in [0.5, 0.6) is 0 Å². The third-order valence-electron chi connectivity index (χ3n) is 4.83. The van der Waals surface area contributed by atoms with E-state index in [0.717, 1.165) is 24.3 Å². The Morgan fingerprint density at radius 1 is 1.17 bits per heavy atom. The Morgan fingerprint density at radius 2 is 1.94 bits per heavy atom. The molecule has 106 valence electrons. The molecule has 18 heavy (non-hydrogen) atoms. The van der Waals surface area contributed by atoms with Crippen molar-refractivity contribution in [2.75, 3.05) is 13.1 Å². The Bertz CT molecular complexity index is 256. The summed E-state index contributed by atoms with van der Waals surface area (Å²) in [4.78, 5) is 0. The molecule has 2 saturated carbocycles. The molecule has 2 nitrogen and oxygen atoms in total. The smallest absolute Gasteiger partial charge is 0.0164 e. The van der Waals surface area contributed by atoms with Gasteiger partial charge < -0.3 is 10.6 Å². The van der Waals surface area contributed by atoms with Gasteiger partial charge in [0.05, 0.1) is 0 Å². The van der Waals surface area contributed by atoms with Gasteiger partial charge >= 0.3 is 0 Å². The highest BCUT2D eigenvalue weighted by Gasteiger charge is 2.38. The van der Waals surface area contributed by atoms with Crippen LogP contribution >= 0.6 is 0 Å². The summed E-state index contributed by atoms with van der Waals surface area (Å²) in [5, 5.41) is 7.24. The largest absolute Gasteiger partial charge is 0.313 e. The minimum absolute atomic E-state index is 0.237. The van der Waals surface area contributed by atoms with Crippen molar-refractivity contribution >= 4 is 0 Å². The van der Waals surface area contributed by atoms with Gasteiger partial charge in [-0.15, -0.1) is 0 Å². The van der Waals surface area contributed by atoms with Crippen molar-refractivity contribution in [1.82, 2.24) is 10.6 Å². The maximum Gasteiger partial charge on any atom is 0.0164 e. The molecule has 2 aliphatic carbocycles. The fraction of sp³-hybridized carbons (Fsp3) is 1.00. The van der Waals surface area contributed by atoms with Crippen LogP contribution in [0.2, 0.25) is 0 Å². The van der Waals surface area contributed by atoms with E-state index in [1.54, 1.807) is 6.42 Å². The average Bonchev–Trinajstić information content (AvgIpc) is 2.87. The molecular weight excluding hydrogens is 220 g/mol. The topological polar surface area (TPSA) is 24.1 Å². The van der Waals surface area contributed by atoms with Gasteiger partial charge in [-0.05, 0) is 77.7 Å². The van der Waals surface area contributed by atoms with Crippen LogP contribution in [-0.4, -0.2) is 24.7 Å². The summed E-state index contributed by atoms with van der Waals surface area (Å²) in [6.45, 7) is 11.3. The second kappa shape index (κ2) is 5.92. The van der Waals surface area contributed by atoms with E-state index >= 15 is 0 Å². The first-order valence-corrected chi connectivity index (χ1v) is 7.92. The van der Waals surface area contributed by atoms with E-state index in [1.807, 2.05) is 0 Å². The third kappa shape index (κ3) is 4.24. The van der Waals surface area contributed by atoms with E-state index in [0.29, 0.717) is 6.04 Å². The van der Waals surface area contributed by atoms with Crippen LogP contribution in [-0.2, 0) is 0 Å². The Kier molecular flexibility index (Phi) is 4.71. The van der Waals surface area contributed by atoms with Crippen LogP contribution in [0, 0.1) is 17.8 Å². The maximum atomic E-state index is 3.68. The predicted molar refractivity (Wildman–Crippen MR) is 78.8 cm³/mol. The summed E-state index contributed by atoms with van der Waals surface area (Å²) in [5.74, 6) is 3.22. The predicted octanol–water partition coefficient (Wildman–Crippen LogP) is 3.18. The molecule has 0 aliphatic heterocycles. The van der Waals surface area contributed by atoms with E-state index < -0.39 is 0 Å². The quantitative estimate of drug-likeness (QED) is 0.759. The molecule has 0 saturated heterocycles. The van der Waals surface area contributed by atoms with Crippen LogP contribution < -0.4 is 10.6 Å². The number of rotatable bonds is 6. The van der Waals surface area contributed by atoms with E-state index in [-0.39, 0.29) is 5.54 Å². The molecule has 0 radical (unpaired) electrons. The van der Waals surface area contributed by atoms with E-state index in [2.05, 4.69) is 38.3 Å². The lowest BCUT2D eigenvalue weighted by Crippen LogP contribution is -2.45. The van der Waals surface area contributed by atoms with Gasteiger partial charge in [-0.3, -0.25) is 0 Å². The van der Waals surface area contributed by atoms with Gasteiger partial charge in [0.2, 0.25) is 0 Å². The van der Waals surface area contributed by atoms with Crippen molar-refractivity contribution in [2.45, 2.75) is 71.4 Å². The molecule has 4 atom stereocenters. The molecule has 0 heterocycles. The number of fused-ring (bicyclic) bond motifs is 2. The van der Waals surface area contributed by atoms with Gasteiger partial charge in [0.15, 0.2) is 0 Å². The Labute approximate surface area is 113 Å². The molecule has 4 unspecified atom stereocenters. The van der Waals surface area contributed by atoms with Gasteiger partial charge in [0.1, 0.15) is 0 Å². The van der Waals surface area contributed by atoms with Gasteiger partial charge in [0, 0.05) is 18.1 Å². The van der Waals surface area contributed by atoms with Crippen molar-refractivity contribution in [1.29, 1.82) is 0 Å². The van der Waals surface area contributed by atoms with Gasteiger partial charge in [-0.1, -0.05) is 6.42 Å². The normalized spacial score (nSPS) is 33.0. The lowest BCUT2D eigenvalue weighted by Gasteiger charge is -2.25. The SMILES string of the molecule is CC(CNC(C)(C)C)NCCC1CC2CCC1C2. The second-order valence-corrected chi connectivity index (χ2v) is 7.71. The number of hydrogen-bond acceptors (Lipinski definition) is 2. The molecule has 2 fully saturated rings. The zero-order chi connectivity index (χ0) is 13.2. The zero-order valence-electron chi connectivity index (χ0n) is 12.8. The highest BCUT2D eigenvalue weighted by atomic mass is 15.0. The first kappa shape index (κ1) is 14.3. The minimum Gasteiger partial charge on any atom is -0.313 e. The summed E-state index contributed by atoms with van der Waals surface area (Å²) in [6.07, 6.45) is 7.53. The van der Waals surface area contributed by atoms with Crippen LogP contribution in [0.25, 0.3) is 0 Å². The fourth-order valence-electron chi connectivity index (χ4n) is 3.78. The molecule has 0 aromatic carbocycles. The summed E-state index contributed by atoms with van der Waals surface area (Å²) < 4.78 is 0. The first-order valence-electron chi connectivity index (χ1n) is 7.92. The molecular formula is C16H32N2. The summed E-state index contributed by atoms with van der Waals surface area (Å²) in [6, 6.07) is 0.586. The van der Waals surface area contributed by atoms with Crippen LogP contribution in [0.15, 0.2) is 0 Å². The third-order valence-corrected chi connectivity index (χ3v) is 4.83. The van der Waals surface area contributed by atoms with Crippen molar-refractivity contribution < 1.29 is 0 Å². The highest BCUT2D eigenvalue weighted by molar-refractivity contribution is 4.90. The molecule has 0 aromatic heterocycles. The van der Waals surface area contributed by atoms with Gasteiger partial charge in [0.25, 0.3) is 0 Å². The molecule has 2 aliphatic rings. The fourth-order valence-corrected chi connectivity index (χ4v) is 3.78. The van der Waals surface area contributed by atoms with E-state index in [4.69, 9.17) is 0 Å². The average molecular weight is 252 g/mol. The van der Waals surface area contributed by atoms with Crippen molar-refractivity contribution in [3.8, 4) is 0 Å². The summed E-state index contributed by atoms with van der Waals surface area (Å²) in [5.41, 5.74) is 0.237. The standard InChI is InChI=1S/C16H32N2/c1-12(11-18-16(2,3)4)17-8-7-15-10-13-5-6-14(15)9-13/h12-15,17-18H,5-11H2,1-4H3. The van der Waals surface area contributed by atoms with E-state index in [9.17, 15) is 0 Å². The molecule has 0 amide bonds. The Morgan fingerprint density at radius 3 is 2.50 bits per heavy atom. The van der Waals surface area contributed by atoms with E-state index in [1.165, 1.54) is 32.2 Å². The molecule has 2 heteroatoms. The van der Waals surface area contributed by atoms with Gasteiger partial charge in [-0.25, -0.2) is 0 Å². The second-order valence-electron chi connectivity index (χ2n) is 7.71. The van der Waals surface area contributed by atoms with Crippen LogP contribution in [0.4, 0.5) is 0 Å². The molecule has 2 bridgehead atoms. The first-order chi connectivity index (χ1) is 8.44. The van der Waals surface area contributed by atoms with Crippen molar-refractivity contribution in [2.24, 2.45) is 17.8 Å². The van der Waals surface area contributed by atoms with Gasteiger partial charge in [-0.2, -0.15) is 0 Å². The lowest BCUT2D eigenvalue weighted by molar-refractivity contribution is 0.302. The summed E-state index contributed by atoms with van der Waals surface area (Å²) in [7, 11) is 0. The lowest BCUT2D eigenvalue weighted by atomic mass is 9.86. The molecule has 0 spiro atoms. The van der Waals surface area contributed by atoms with Crippen molar-refractivity contribution in [3.63, 3.8) is 0 Å². The van der Waals surface area contributed by atoms with Crippen LogP contribution in [0.1, 0.15) is 59.8 Å². The number of nitrogens with one attached hydrogen (secondary N) is 2. The monoisotopic (exact) mass is 252 g/mol. The molecule has 0 aromatic rings. The Hall–Kier alpha value is -0.0800. The molecule has 2 rings (SSSR count). The summed E-state index contributed by atoms with van der Waals surface area (Å²) >= 11 is 0. The number of hydrogen-bond donors (Lipinski definition) is 2. The van der Waals surface area contributed by atoms with Crippen LogP contribution in [0.3, 0.4) is 0 Å². The Balaban J connectivity index is 1.55. The minimum atomic E-state index is 0.237. The molecule has 2 N–H and O–H groups in total. The zero-order valence-corrected chi connectivity index (χ0v) is 12.8. The van der Waals surface area contributed by atoms with Crippen molar-refractivity contribution in [3.05, 3.63) is 0 Å². The highest BCUT2D eigenvalue weighted by Crippen LogP contribution is 2.49.